The third-order valence-electron chi connectivity index (χ3n) is 9.24. The largest absolute Gasteiger partial charge is 0.457 e. The summed E-state index contributed by atoms with van der Waals surface area (Å²) in [5, 5.41) is 2.34. The quantitative estimate of drug-likeness (QED) is 0.167. The molecule has 248 valence electrons. The highest BCUT2D eigenvalue weighted by Gasteiger charge is 2.22. The van der Waals surface area contributed by atoms with Gasteiger partial charge in [0.1, 0.15) is 23.0 Å². The van der Waals surface area contributed by atoms with E-state index in [9.17, 15) is 0 Å². The van der Waals surface area contributed by atoms with Crippen molar-refractivity contribution in [3.8, 4) is 28.8 Å². The van der Waals surface area contributed by atoms with Crippen LogP contribution in [0.2, 0.25) is 0 Å². The summed E-state index contributed by atoms with van der Waals surface area (Å²) in [5.74, 6) is 3.14. The number of rotatable bonds is 6. The van der Waals surface area contributed by atoms with Gasteiger partial charge in [0, 0.05) is 35.3 Å². The minimum absolute atomic E-state index is 0.0480. The van der Waals surface area contributed by atoms with Gasteiger partial charge < -0.3 is 4.74 Å². The Morgan fingerprint density at radius 3 is 2.16 bits per heavy atom. The van der Waals surface area contributed by atoms with E-state index in [-0.39, 0.29) is 10.8 Å². The number of hydrogen-bond donors (Lipinski definition) is 0. The van der Waals surface area contributed by atoms with E-state index in [1.54, 1.807) is 0 Å². The average molecular weight is 657 g/mol. The fourth-order valence-electron chi connectivity index (χ4n) is 6.92. The molecule has 0 aliphatic heterocycles. The first-order valence-electron chi connectivity index (χ1n) is 17.3. The van der Waals surface area contributed by atoms with Crippen molar-refractivity contribution in [3.63, 3.8) is 0 Å². The van der Waals surface area contributed by atoms with E-state index in [1.165, 1.54) is 16.5 Å². The van der Waals surface area contributed by atoms with Gasteiger partial charge in [-0.1, -0.05) is 84.0 Å². The summed E-state index contributed by atoms with van der Waals surface area (Å²) in [6.45, 7) is 13.5. The molecule has 6 nitrogen and oxygen atoms in total. The molecular weight excluding hydrogens is 615 g/mol. The zero-order valence-corrected chi connectivity index (χ0v) is 29.6. The maximum absolute atomic E-state index is 6.59. The molecule has 8 rings (SSSR count). The lowest BCUT2D eigenvalue weighted by Crippen LogP contribution is -2.29. The molecule has 0 bridgehead atoms. The molecule has 0 amide bonds. The minimum atomic E-state index is 0.0480. The summed E-state index contributed by atoms with van der Waals surface area (Å²) < 4.78 is 13.2. The van der Waals surface area contributed by atoms with Crippen LogP contribution < -0.4 is 9.30 Å². The smallest absolute Gasteiger partial charge is 0.256 e. The molecular formula is C44H42N5O+. The predicted molar refractivity (Wildman–Crippen MR) is 203 cm³/mol. The second-order valence-corrected chi connectivity index (χ2v) is 15.4. The van der Waals surface area contributed by atoms with Gasteiger partial charge in [-0.15, -0.1) is 0 Å². The maximum Gasteiger partial charge on any atom is 0.256 e. The molecule has 50 heavy (non-hydrogen) atoms. The number of nitrogens with zero attached hydrogens (tertiary/aromatic N) is 5. The molecule has 0 saturated heterocycles. The molecule has 4 aromatic heterocycles. The Balaban J connectivity index is 1.18. The molecule has 0 saturated carbocycles. The molecule has 6 heteroatoms. The molecule has 8 aromatic rings. The van der Waals surface area contributed by atoms with Gasteiger partial charge in [-0.2, -0.15) is 9.13 Å². The molecule has 0 N–H and O–H groups in total. The van der Waals surface area contributed by atoms with Gasteiger partial charge in [-0.3, -0.25) is 4.57 Å². The number of imidazole rings is 1. The summed E-state index contributed by atoms with van der Waals surface area (Å²) >= 11 is 0. The van der Waals surface area contributed by atoms with E-state index in [0.29, 0.717) is 5.75 Å². The lowest BCUT2D eigenvalue weighted by atomic mass is 9.87. The van der Waals surface area contributed by atoms with Crippen molar-refractivity contribution in [2.75, 3.05) is 0 Å². The number of fused-ring (bicyclic) bond motifs is 4. The molecule has 0 radical (unpaired) electrons. The van der Waals surface area contributed by atoms with Crippen molar-refractivity contribution in [2.45, 2.75) is 53.4 Å². The highest BCUT2D eigenvalue weighted by atomic mass is 16.5. The van der Waals surface area contributed by atoms with Crippen LogP contribution in [0.1, 0.15) is 52.7 Å². The van der Waals surface area contributed by atoms with E-state index >= 15 is 0 Å². The number of benzene rings is 4. The first-order valence-corrected chi connectivity index (χ1v) is 17.3. The van der Waals surface area contributed by atoms with Crippen molar-refractivity contribution in [2.24, 2.45) is 5.41 Å². The number of hydrogen-bond acceptors (Lipinski definition) is 3. The lowest BCUT2D eigenvalue weighted by molar-refractivity contribution is -0.567. The van der Waals surface area contributed by atoms with Crippen LogP contribution in [-0.4, -0.2) is 19.1 Å². The van der Waals surface area contributed by atoms with Gasteiger partial charge in [0.15, 0.2) is 11.0 Å². The van der Waals surface area contributed by atoms with Crippen LogP contribution in [0.3, 0.4) is 0 Å². The van der Waals surface area contributed by atoms with E-state index in [0.717, 1.165) is 56.9 Å². The summed E-state index contributed by atoms with van der Waals surface area (Å²) in [5.41, 5.74) is 8.22. The standard InChI is InChI=1S/C44H42N5O/c1-43(2,3)28-30-20-22-46-42(24-30)49-37-15-8-7-14-35(37)36-19-18-33(26-40(36)49)50-34-21-23-45-41(27-34)48-29-47(38-16-9-10-17-39(38)48)32-13-11-12-31(25-32)44(4,5)6/h7-27,29H,28H2,1-6H3/q+1. The van der Waals surface area contributed by atoms with E-state index in [1.807, 2.05) is 30.6 Å². The Hall–Kier alpha value is -5.75. The Morgan fingerprint density at radius 1 is 0.620 bits per heavy atom. The second kappa shape index (κ2) is 12.0. The molecule has 4 aromatic carbocycles. The zero-order chi connectivity index (χ0) is 34.6. The third kappa shape index (κ3) is 5.91. The van der Waals surface area contributed by atoms with Crippen molar-refractivity contribution >= 4 is 32.8 Å². The van der Waals surface area contributed by atoms with Gasteiger partial charge in [0.05, 0.1) is 11.0 Å². The van der Waals surface area contributed by atoms with Gasteiger partial charge in [0.2, 0.25) is 5.82 Å². The first kappa shape index (κ1) is 31.5. The molecule has 0 atom stereocenters. The minimum Gasteiger partial charge on any atom is -0.457 e. The zero-order valence-electron chi connectivity index (χ0n) is 29.6. The summed E-state index contributed by atoms with van der Waals surface area (Å²) in [6.07, 6.45) is 6.82. The highest BCUT2D eigenvalue weighted by molar-refractivity contribution is 6.09. The number of ether oxygens (including phenoxy) is 1. The van der Waals surface area contributed by atoms with Crippen LogP contribution in [-0.2, 0) is 11.8 Å². The summed E-state index contributed by atoms with van der Waals surface area (Å²) in [7, 11) is 0. The van der Waals surface area contributed by atoms with Crippen LogP contribution in [0, 0.1) is 5.41 Å². The van der Waals surface area contributed by atoms with Crippen LogP contribution in [0.15, 0.2) is 134 Å². The monoisotopic (exact) mass is 656 g/mol. The van der Waals surface area contributed by atoms with E-state index in [2.05, 4.69) is 159 Å². The summed E-state index contributed by atoms with van der Waals surface area (Å²) in [4.78, 5) is 9.63. The average Bonchev–Trinajstić information content (AvgIpc) is 3.64. The Kier molecular flexibility index (Phi) is 7.56. The topological polar surface area (TPSA) is 48.8 Å². The van der Waals surface area contributed by atoms with Crippen molar-refractivity contribution in [1.29, 1.82) is 0 Å². The van der Waals surface area contributed by atoms with Gasteiger partial charge in [-0.25, -0.2) is 9.97 Å². The van der Waals surface area contributed by atoms with Crippen molar-refractivity contribution in [1.82, 2.24) is 19.1 Å². The Morgan fingerprint density at radius 2 is 1.34 bits per heavy atom. The molecule has 0 aliphatic carbocycles. The predicted octanol–water partition coefficient (Wildman–Crippen LogP) is 10.5. The van der Waals surface area contributed by atoms with Crippen LogP contribution in [0.5, 0.6) is 11.5 Å². The number of aromatic nitrogens is 5. The van der Waals surface area contributed by atoms with Gasteiger partial charge in [0.25, 0.3) is 6.33 Å². The first-order chi connectivity index (χ1) is 24.0. The number of para-hydroxylation sites is 3. The van der Waals surface area contributed by atoms with Gasteiger partial charge >= 0.3 is 0 Å². The number of pyridine rings is 2. The third-order valence-corrected chi connectivity index (χ3v) is 9.24. The fraction of sp³-hybridized carbons (Fsp3) is 0.205. The molecule has 0 spiro atoms. The SMILES string of the molecule is CC(C)(C)Cc1ccnc(-n2c3ccccc3c3ccc(Oc4ccnc(-n5c[n+](-c6cccc(C(C)(C)C)c6)c6ccccc65)c4)cc32)c1. The molecule has 0 fully saturated rings. The molecule has 4 heterocycles. The van der Waals surface area contributed by atoms with Gasteiger partial charge in [-0.05, 0) is 89.0 Å². The van der Waals surface area contributed by atoms with E-state index < -0.39 is 0 Å². The second-order valence-electron chi connectivity index (χ2n) is 15.4. The Labute approximate surface area is 293 Å². The normalized spacial score (nSPS) is 12.3. The van der Waals surface area contributed by atoms with Crippen LogP contribution >= 0.6 is 0 Å². The highest BCUT2D eigenvalue weighted by Crippen LogP contribution is 2.36. The fourth-order valence-corrected chi connectivity index (χ4v) is 6.92. The van der Waals surface area contributed by atoms with E-state index in [4.69, 9.17) is 14.7 Å². The van der Waals surface area contributed by atoms with Crippen molar-refractivity contribution < 1.29 is 9.30 Å². The van der Waals surface area contributed by atoms with Crippen LogP contribution in [0.25, 0.3) is 50.2 Å². The molecule has 0 aliphatic rings. The summed E-state index contributed by atoms with van der Waals surface area (Å²) in [6, 6.07) is 40.3. The Bertz CT molecular complexity index is 2530. The van der Waals surface area contributed by atoms with Crippen molar-refractivity contribution in [3.05, 3.63) is 145 Å². The maximum atomic E-state index is 6.59. The lowest BCUT2D eigenvalue weighted by Gasteiger charge is -2.19. The van der Waals surface area contributed by atoms with Crippen LogP contribution in [0.4, 0.5) is 0 Å². The molecule has 0 unspecified atom stereocenters.